The summed E-state index contributed by atoms with van der Waals surface area (Å²) in [5, 5.41) is 0. The summed E-state index contributed by atoms with van der Waals surface area (Å²) in [7, 11) is -3.32. The molecule has 0 unspecified atom stereocenters. The van der Waals surface area contributed by atoms with Crippen LogP contribution in [0, 0.1) is 13.8 Å². The van der Waals surface area contributed by atoms with E-state index in [1.807, 2.05) is 32.0 Å². The van der Waals surface area contributed by atoms with Crippen molar-refractivity contribution < 1.29 is 8.42 Å². The van der Waals surface area contributed by atoms with E-state index in [1.54, 1.807) is 24.3 Å². The van der Waals surface area contributed by atoms with Gasteiger partial charge in [-0.25, -0.2) is 8.42 Å². The van der Waals surface area contributed by atoms with Crippen LogP contribution in [0.15, 0.2) is 47.4 Å². The molecule has 0 aliphatic carbocycles. The van der Waals surface area contributed by atoms with Gasteiger partial charge in [-0.3, -0.25) is 0 Å². The summed E-state index contributed by atoms with van der Waals surface area (Å²) >= 11 is 0. The second-order valence-electron chi connectivity index (χ2n) is 4.75. The number of rotatable bonds is 3. The maximum absolute atomic E-state index is 12.3. The molecular weight excluding hydrogens is 258 g/mol. The summed E-state index contributed by atoms with van der Waals surface area (Å²) in [6.45, 7) is 3.99. The number of hydrogen-bond donors (Lipinski definition) is 1. The molecule has 0 atom stereocenters. The normalized spacial score (nSPS) is 11.5. The lowest BCUT2D eigenvalue weighted by Crippen LogP contribution is -2.05. The first-order chi connectivity index (χ1) is 8.88. The molecule has 0 amide bonds. The van der Waals surface area contributed by atoms with Crippen LogP contribution in [0.3, 0.4) is 0 Å². The van der Waals surface area contributed by atoms with Gasteiger partial charge in [-0.05, 0) is 54.8 Å². The second kappa shape index (κ2) is 5.05. The number of sulfone groups is 1. The molecular formula is C15H17NO2S. The predicted octanol–water partition coefficient (Wildman–Crippen LogP) is 2.86. The Kier molecular flexibility index (Phi) is 3.62. The molecule has 100 valence electrons. The summed E-state index contributed by atoms with van der Waals surface area (Å²) in [5.74, 6) is 0.0119. The number of anilines is 1. The van der Waals surface area contributed by atoms with Crippen LogP contribution < -0.4 is 5.73 Å². The molecule has 2 aromatic carbocycles. The zero-order chi connectivity index (χ0) is 14.0. The average molecular weight is 275 g/mol. The summed E-state index contributed by atoms with van der Waals surface area (Å²) in [5.41, 5.74) is 9.19. The number of hydrogen-bond acceptors (Lipinski definition) is 3. The van der Waals surface area contributed by atoms with Crippen molar-refractivity contribution in [3.63, 3.8) is 0 Å². The van der Waals surface area contributed by atoms with Crippen molar-refractivity contribution in [2.45, 2.75) is 24.5 Å². The highest BCUT2D eigenvalue weighted by Crippen LogP contribution is 2.19. The second-order valence-corrected chi connectivity index (χ2v) is 6.74. The zero-order valence-electron chi connectivity index (χ0n) is 11.1. The summed E-state index contributed by atoms with van der Waals surface area (Å²) in [6.07, 6.45) is 0. The average Bonchev–Trinajstić information content (AvgIpc) is 2.34. The first kappa shape index (κ1) is 13.6. The maximum atomic E-state index is 12.3. The van der Waals surface area contributed by atoms with E-state index in [-0.39, 0.29) is 5.75 Å². The first-order valence-electron chi connectivity index (χ1n) is 6.03. The van der Waals surface area contributed by atoms with Crippen LogP contribution in [0.5, 0.6) is 0 Å². The lowest BCUT2D eigenvalue weighted by molar-refractivity contribution is 0.595. The van der Waals surface area contributed by atoms with E-state index in [0.717, 1.165) is 16.7 Å². The topological polar surface area (TPSA) is 60.2 Å². The van der Waals surface area contributed by atoms with E-state index in [9.17, 15) is 8.42 Å². The van der Waals surface area contributed by atoms with Crippen molar-refractivity contribution in [2.24, 2.45) is 0 Å². The van der Waals surface area contributed by atoms with Crippen LogP contribution in [-0.2, 0) is 15.6 Å². The molecule has 19 heavy (non-hydrogen) atoms. The standard InChI is InChI=1S/C15H17NO2S/c1-11-3-4-13(9-12(11)2)10-19(17,18)15-7-5-14(16)6-8-15/h3-9H,10,16H2,1-2H3. The SMILES string of the molecule is Cc1ccc(CS(=O)(=O)c2ccc(N)cc2)cc1C. The predicted molar refractivity (Wildman–Crippen MR) is 77.7 cm³/mol. The Balaban J connectivity index is 2.30. The number of nitrogen functional groups attached to an aromatic ring is 1. The van der Waals surface area contributed by atoms with Gasteiger partial charge in [0.05, 0.1) is 10.6 Å². The van der Waals surface area contributed by atoms with E-state index in [4.69, 9.17) is 5.73 Å². The summed E-state index contributed by atoms with van der Waals surface area (Å²) in [6, 6.07) is 12.0. The molecule has 4 heteroatoms. The minimum Gasteiger partial charge on any atom is -0.399 e. The molecule has 2 aromatic rings. The Labute approximate surface area is 114 Å². The molecule has 0 aliphatic rings. The monoisotopic (exact) mass is 275 g/mol. The van der Waals surface area contributed by atoms with Gasteiger partial charge in [0.15, 0.2) is 9.84 Å². The Morgan fingerprint density at radius 3 is 2.16 bits per heavy atom. The molecule has 3 nitrogen and oxygen atoms in total. The van der Waals surface area contributed by atoms with E-state index in [0.29, 0.717) is 10.6 Å². The van der Waals surface area contributed by atoms with E-state index in [1.165, 1.54) is 0 Å². The third kappa shape index (κ3) is 3.15. The first-order valence-corrected chi connectivity index (χ1v) is 7.68. The highest BCUT2D eigenvalue weighted by Gasteiger charge is 2.15. The smallest absolute Gasteiger partial charge is 0.182 e. The number of aryl methyl sites for hydroxylation is 2. The molecule has 0 bridgehead atoms. The molecule has 2 N–H and O–H groups in total. The Hall–Kier alpha value is -1.81. The molecule has 0 radical (unpaired) electrons. The zero-order valence-corrected chi connectivity index (χ0v) is 11.9. The fourth-order valence-electron chi connectivity index (χ4n) is 1.87. The fourth-order valence-corrected chi connectivity index (χ4v) is 3.21. The summed E-state index contributed by atoms with van der Waals surface area (Å²) < 4.78 is 24.5. The van der Waals surface area contributed by atoms with Gasteiger partial charge in [0.25, 0.3) is 0 Å². The van der Waals surface area contributed by atoms with Gasteiger partial charge in [0.2, 0.25) is 0 Å². The van der Waals surface area contributed by atoms with E-state index >= 15 is 0 Å². The maximum Gasteiger partial charge on any atom is 0.182 e. The Bertz CT molecular complexity index is 689. The van der Waals surface area contributed by atoms with Crippen molar-refractivity contribution in [3.05, 3.63) is 59.2 Å². The lowest BCUT2D eigenvalue weighted by Gasteiger charge is -2.07. The largest absolute Gasteiger partial charge is 0.399 e. The van der Waals surface area contributed by atoms with Crippen LogP contribution >= 0.6 is 0 Å². The highest BCUT2D eigenvalue weighted by molar-refractivity contribution is 7.90. The summed E-state index contributed by atoms with van der Waals surface area (Å²) in [4.78, 5) is 0.305. The van der Waals surface area contributed by atoms with E-state index < -0.39 is 9.84 Å². The van der Waals surface area contributed by atoms with Gasteiger partial charge in [-0.2, -0.15) is 0 Å². The van der Waals surface area contributed by atoms with Crippen LogP contribution in [0.4, 0.5) is 5.69 Å². The van der Waals surface area contributed by atoms with Crippen molar-refractivity contribution in [3.8, 4) is 0 Å². The third-order valence-corrected chi connectivity index (χ3v) is 4.87. The lowest BCUT2D eigenvalue weighted by atomic mass is 10.1. The minimum absolute atomic E-state index is 0.0119. The van der Waals surface area contributed by atoms with Gasteiger partial charge < -0.3 is 5.73 Å². The fraction of sp³-hybridized carbons (Fsp3) is 0.200. The van der Waals surface area contributed by atoms with Gasteiger partial charge in [0, 0.05) is 5.69 Å². The minimum atomic E-state index is -3.32. The van der Waals surface area contributed by atoms with Crippen molar-refractivity contribution in [2.75, 3.05) is 5.73 Å². The highest BCUT2D eigenvalue weighted by atomic mass is 32.2. The van der Waals surface area contributed by atoms with Crippen LogP contribution in [0.1, 0.15) is 16.7 Å². The van der Waals surface area contributed by atoms with Gasteiger partial charge >= 0.3 is 0 Å². The van der Waals surface area contributed by atoms with Crippen molar-refractivity contribution in [1.82, 2.24) is 0 Å². The van der Waals surface area contributed by atoms with Gasteiger partial charge in [0.1, 0.15) is 0 Å². The molecule has 2 rings (SSSR count). The Morgan fingerprint density at radius 1 is 0.947 bits per heavy atom. The number of nitrogens with two attached hydrogens (primary N) is 1. The van der Waals surface area contributed by atoms with Crippen LogP contribution in [0.25, 0.3) is 0 Å². The quantitative estimate of drug-likeness (QED) is 0.876. The van der Waals surface area contributed by atoms with E-state index in [2.05, 4.69) is 0 Å². The van der Waals surface area contributed by atoms with Crippen molar-refractivity contribution >= 4 is 15.5 Å². The molecule has 0 heterocycles. The van der Waals surface area contributed by atoms with Crippen molar-refractivity contribution in [1.29, 1.82) is 0 Å². The molecule has 0 spiro atoms. The molecule has 0 aromatic heterocycles. The molecule has 0 fully saturated rings. The molecule has 0 saturated heterocycles. The Morgan fingerprint density at radius 2 is 1.58 bits per heavy atom. The van der Waals surface area contributed by atoms with Gasteiger partial charge in [-0.1, -0.05) is 18.2 Å². The molecule has 0 aliphatic heterocycles. The molecule has 0 saturated carbocycles. The van der Waals surface area contributed by atoms with Crippen LogP contribution in [-0.4, -0.2) is 8.42 Å². The third-order valence-electron chi connectivity index (χ3n) is 3.17. The van der Waals surface area contributed by atoms with Crippen LogP contribution in [0.2, 0.25) is 0 Å². The van der Waals surface area contributed by atoms with Gasteiger partial charge in [-0.15, -0.1) is 0 Å². The number of benzene rings is 2.